The maximum atomic E-state index is 8.44. The Hall–Kier alpha value is -7.21. The zero-order valence-electron chi connectivity index (χ0n) is 39.6. The van der Waals surface area contributed by atoms with Crippen molar-refractivity contribution in [2.75, 3.05) is 0 Å². The number of aromatic nitrogens is 3. The van der Waals surface area contributed by atoms with E-state index in [0.717, 1.165) is 88.9 Å². The summed E-state index contributed by atoms with van der Waals surface area (Å²) in [4.78, 5) is 10.1. The monoisotopic (exact) mass is 1070 g/mol. The molecule has 0 N–H and O–H groups in total. The molecule has 0 amide bonds. The van der Waals surface area contributed by atoms with Gasteiger partial charge in [-0.1, -0.05) is 195 Å². The van der Waals surface area contributed by atoms with Gasteiger partial charge in [-0.3, -0.25) is 4.98 Å². The molecule has 0 saturated carbocycles. The standard InChI is InChI=1S/C45H27N2O.C17H22NSi.Ir/c1-3-12-29(13-4-1)32-17-11-18-33(28-32)47-40-27-26-36-34-19-8-7-16-31(34)22-23-37(36)43(40)46-45(47)39-25-24-35(30-14-5-2-6-15-30)42-38-20-9-10-21-41(38)48-44(39)42;1-13(2)15-11-16(14-9-7-6-8-10-14)18-12-17(15)19(3,4)5;/h1-24,26-28H;6-9,11-13H,1-5H3;/q2*-1;/i;13D;. The Bertz CT molecular complexity index is 3820. The maximum Gasteiger partial charge on any atom is 0.120 e. The number of benzene rings is 9. The molecule has 0 aliphatic heterocycles. The summed E-state index contributed by atoms with van der Waals surface area (Å²) in [5, 5.41) is 8.16. The third kappa shape index (κ3) is 8.19. The first-order valence-corrected chi connectivity index (χ1v) is 26.4. The molecule has 0 aliphatic rings. The second-order valence-corrected chi connectivity index (χ2v) is 23.4. The molecule has 0 aliphatic carbocycles. The summed E-state index contributed by atoms with van der Waals surface area (Å²) in [6, 6.07) is 74.3. The summed E-state index contributed by atoms with van der Waals surface area (Å²) >= 11 is 0. The zero-order valence-corrected chi connectivity index (χ0v) is 42.0. The van der Waals surface area contributed by atoms with Gasteiger partial charge < -0.3 is 14.0 Å². The molecule has 3 aromatic heterocycles. The Kier molecular flexibility index (Phi) is 11.8. The number of nitrogens with zero attached hydrogens (tertiary/aromatic N) is 3. The molecule has 6 heteroatoms. The van der Waals surface area contributed by atoms with Gasteiger partial charge in [0.1, 0.15) is 5.58 Å². The number of para-hydroxylation sites is 1. The Morgan fingerprint density at radius 2 is 1.32 bits per heavy atom. The third-order valence-corrected chi connectivity index (χ3v) is 14.8. The predicted molar refractivity (Wildman–Crippen MR) is 284 cm³/mol. The van der Waals surface area contributed by atoms with Gasteiger partial charge in [-0.25, -0.2) is 0 Å². The van der Waals surface area contributed by atoms with Gasteiger partial charge in [-0.05, 0) is 73.7 Å². The van der Waals surface area contributed by atoms with Crippen molar-refractivity contribution in [1.82, 2.24) is 14.5 Å². The van der Waals surface area contributed by atoms with E-state index in [1.807, 2.05) is 62.5 Å². The average molecular weight is 1070 g/mol. The first-order chi connectivity index (χ1) is 33.0. The van der Waals surface area contributed by atoms with Crippen LogP contribution in [0.2, 0.25) is 19.6 Å². The van der Waals surface area contributed by atoms with Gasteiger partial charge in [0.05, 0.1) is 30.5 Å². The Balaban J connectivity index is 0.000000223. The van der Waals surface area contributed by atoms with Crippen LogP contribution in [0.15, 0.2) is 205 Å². The van der Waals surface area contributed by atoms with Gasteiger partial charge >= 0.3 is 0 Å². The fraction of sp³-hybridized carbons (Fsp3) is 0.0968. The molecule has 0 atom stereocenters. The molecule has 4 nitrogen and oxygen atoms in total. The van der Waals surface area contributed by atoms with Crippen LogP contribution in [-0.4, -0.2) is 22.6 Å². The van der Waals surface area contributed by atoms with E-state index in [4.69, 9.17) is 10.8 Å². The third-order valence-electron chi connectivity index (χ3n) is 12.8. The van der Waals surface area contributed by atoms with Gasteiger partial charge in [-0.15, -0.1) is 48.0 Å². The minimum absolute atomic E-state index is 0. The number of pyridine rings is 1. The fourth-order valence-corrected chi connectivity index (χ4v) is 11.0. The van der Waals surface area contributed by atoms with Crippen molar-refractivity contribution in [2.24, 2.45) is 0 Å². The van der Waals surface area contributed by atoms with Crippen LogP contribution < -0.4 is 5.19 Å². The fourth-order valence-electron chi connectivity index (χ4n) is 9.46. The van der Waals surface area contributed by atoms with E-state index in [1.54, 1.807) is 0 Å². The van der Waals surface area contributed by atoms with E-state index in [0.29, 0.717) is 0 Å². The molecule has 333 valence electrons. The van der Waals surface area contributed by atoms with Gasteiger partial charge in [0.25, 0.3) is 0 Å². The van der Waals surface area contributed by atoms with Crippen LogP contribution in [0.3, 0.4) is 0 Å². The molecule has 12 rings (SSSR count). The van der Waals surface area contributed by atoms with Crippen LogP contribution >= 0.6 is 0 Å². The van der Waals surface area contributed by atoms with Crippen LogP contribution in [-0.2, 0) is 20.1 Å². The smallest absolute Gasteiger partial charge is 0.120 e. The van der Waals surface area contributed by atoms with Crippen molar-refractivity contribution in [3.05, 3.63) is 218 Å². The van der Waals surface area contributed by atoms with E-state index in [2.05, 4.69) is 193 Å². The second kappa shape index (κ2) is 18.5. The topological polar surface area (TPSA) is 43.9 Å². The van der Waals surface area contributed by atoms with E-state index in [9.17, 15) is 0 Å². The van der Waals surface area contributed by atoms with Crippen LogP contribution in [0.4, 0.5) is 0 Å². The zero-order chi connectivity index (χ0) is 46.6. The molecular formula is C62H49IrN3OSi-2. The normalized spacial score (nSPS) is 12.0. The number of imidazole rings is 1. The Morgan fingerprint density at radius 1 is 0.632 bits per heavy atom. The number of fused-ring (bicyclic) bond motifs is 8. The minimum Gasteiger partial charge on any atom is -0.501 e. The first kappa shape index (κ1) is 43.4. The van der Waals surface area contributed by atoms with E-state index >= 15 is 0 Å². The molecule has 0 bridgehead atoms. The van der Waals surface area contributed by atoms with Crippen LogP contribution in [0.5, 0.6) is 0 Å². The molecule has 0 spiro atoms. The van der Waals surface area contributed by atoms with Crippen LogP contribution in [0.25, 0.3) is 105 Å². The van der Waals surface area contributed by atoms with Gasteiger partial charge in [0.15, 0.2) is 0 Å². The van der Waals surface area contributed by atoms with Crippen molar-refractivity contribution in [3.8, 4) is 50.6 Å². The van der Waals surface area contributed by atoms with Crippen molar-refractivity contribution >= 4 is 67.8 Å². The second-order valence-electron chi connectivity index (χ2n) is 18.4. The first-order valence-electron chi connectivity index (χ1n) is 23.4. The van der Waals surface area contributed by atoms with Crippen molar-refractivity contribution < 1.29 is 25.9 Å². The summed E-state index contributed by atoms with van der Waals surface area (Å²) < 4.78 is 17.5. The summed E-state index contributed by atoms with van der Waals surface area (Å²) in [7, 11) is -1.50. The summed E-state index contributed by atoms with van der Waals surface area (Å²) in [6.45, 7) is 10.8. The number of furan rings is 1. The molecule has 9 aromatic carbocycles. The van der Waals surface area contributed by atoms with E-state index < -0.39 is 14.0 Å². The number of rotatable bonds is 7. The van der Waals surface area contributed by atoms with Crippen LogP contribution in [0.1, 0.15) is 26.7 Å². The minimum atomic E-state index is -1.50. The van der Waals surface area contributed by atoms with Gasteiger partial charge in [0, 0.05) is 44.1 Å². The number of hydrogen-bond acceptors (Lipinski definition) is 3. The van der Waals surface area contributed by atoms with Crippen molar-refractivity contribution in [3.63, 3.8) is 0 Å². The summed E-state index contributed by atoms with van der Waals surface area (Å²) in [5.41, 5.74) is 13.0. The molecular weight excluding hydrogens is 1020 g/mol. The predicted octanol–water partition coefficient (Wildman–Crippen LogP) is 16.2. The molecule has 1 radical (unpaired) electrons. The van der Waals surface area contributed by atoms with E-state index in [-0.39, 0.29) is 20.1 Å². The van der Waals surface area contributed by atoms with E-state index in [1.165, 1.54) is 26.9 Å². The quantitative estimate of drug-likeness (QED) is 0.0907. The van der Waals surface area contributed by atoms with Crippen molar-refractivity contribution in [2.45, 2.75) is 39.4 Å². The average Bonchev–Trinajstić information content (AvgIpc) is 3.96. The van der Waals surface area contributed by atoms with Crippen molar-refractivity contribution in [1.29, 1.82) is 0 Å². The van der Waals surface area contributed by atoms with Crippen LogP contribution in [0, 0.1) is 12.1 Å². The Labute approximate surface area is 413 Å². The molecule has 68 heavy (non-hydrogen) atoms. The molecule has 0 unspecified atom stereocenters. The Morgan fingerprint density at radius 3 is 2.07 bits per heavy atom. The molecule has 0 fully saturated rings. The summed E-state index contributed by atoms with van der Waals surface area (Å²) in [5.74, 6) is 0.182. The maximum absolute atomic E-state index is 8.44. The van der Waals surface area contributed by atoms with Gasteiger partial charge in [-0.2, -0.15) is 0 Å². The molecule has 0 saturated heterocycles. The summed E-state index contributed by atoms with van der Waals surface area (Å²) in [6.07, 6.45) is 1.98. The SMILES string of the molecule is [2H]C(C)(C)c1cc(-c2[c-]cccc2)ncc1[Si](C)(C)C.[Ir].[c-]1cc(-c2ccccc2)c2c(oc3ccccc32)c1-c1nc2c3ccc4ccccc4c3ccc2n1-c1cccc(-c2ccccc2)c1. The largest absolute Gasteiger partial charge is 0.501 e. The number of hydrogen-bond donors (Lipinski definition) is 0. The molecule has 12 aromatic rings. The van der Waals surface area contributed by atoms with Gasteiger partial charge in [0.2, 0.25) is 0 Å². The molecule has 3 heterocycles.